The summed E-state index contributed by atoms with van der Waals surface area (Å²) in [6.07, 6.45) is 0.756. The minimum absolute atomic E-state index is 0.00311. The number of rotatable bonds is 7. The van der Waals surface area contributed by atoms with Crippen LogP contribution in [0.2, 0.25) is 0 Å². The fourth-order valence-electron chi connectivity index (χ4n) is 3.03. The van der Waals surface area contributed by atoms with Crippen molar-refractivity contribution in [2.75, 3.05) is 20.3 Å². The lowest BCUT2D eigenvalue weighted by Gasteiger charge is -2.32. The summed E-state index contributed by atoms with van der Waals surface area (Å²) in [5.74, 6) is 1.41. The standard InChI is InChI=1S/C21H25NO5/c1-25-17-6-2-15(3-7-17)12-21(24)22-19-10-11-26-14-20(19)27-18-8-4-16(13-23)5-9-18/h2-9,19-20,23H,10-14H2,1H3,(H,22,24)/t19-,20-/m1/s1. The number of aliphatic hydroxyl groups excluding tert-OH is 1. The van der Waals surface area contributed by atoms with E-state index >= 15 is 0 Å². The average Bonchev–Trinajstić information content (AvgIpc) is 2.70. The van der Waals surface area contributed by atoms with Crippen LogP contribution in [0.3, 0.4) is 0 Å². The zero-order valence-corrected chi connectivity index (χ0v) is 15.4. The highest BCUT2D eigenvalue weighted by Crippen LogP contribution is 2.19. The van der Waals surface area contributed by atoms with Gasteiger partial charge in [0, 0.05) is 6.61 Å². The van der Waals surface area contributed by atoms with Crippen LogP contribution >= 0.6 is 0 Å². The number of carbonyl (C=O) groups is 1. The van der Waals surface area contributed by atoms with E-state index in [9.17, 15) is 4.79 Å². The Balaban J connectivity index is 1.57. The topological polar surface area (TPSA) is 77.0 Å². The van der Waals surface area contributed by atoms with E-state index in [0.717, 1.165) is 16.9 Å². The number of aliphatic hydroxyl groups is 1. The van der Waals surface area contributed by atoms with Gasteiger partial charge in [0.25, 0.3) is 0 Å². The number of methoxy groups -OCH3 is 1. The number of carbonyl (C=O) groups excluding carboxylic acids is 1. The van der Waals surface area contributed by atoms with Gasteiger partial charge in [0.2, 0.25) is 5.91 Å². The first-order valence-corrected chi connectivity index (χ1v) is 9.04. The zero-order chi connectivity index (χ0) is 19.1. The summed E-state index contributed by atoms with van der Waals surface area (Å²) < 4.78 is 16.7. The smallest absolute Gasteiger partial charge is 0.224 e. The molecule has 3 rings (SSSR count). The largest absolute Gasteiger partial charge is 0.497 e. The summed E-state index contributed by atoms with van der Waals surface area (Å²) in [5.41, 5.74) is 1.75. The quantitative estimate of drug-likeness (QED) is 0.779. The maximum atomic E-state index is 12.5. The predicted octanol–water partition coefficient (Wildman–Crippen LogP) is 2.08. The normalized spacial score (nSPS) is 19.3. The van der Waals surface area contributed by atoms with Gasteiger partial charge in [-0.05, 0) is 41.8 Å². The van der Waals surface area contributed by atoms with Crippen molar-refractivity contribution >= 4 is 5.91 Å². The predicted molar refractivity (Wildman–Crippen MR) is 101 cm³/mol. The lowest BCUT2D eigenvalue weighted by atomic mass is 10.0. The Morgan fingerprint density at radius 3 is 2.44 bits per heavy atom. The molecular weight excluding hydrogens is 346 g/mol. The molecule has 2 aromatic rings. The van der Waals surface area contributed by atoms with E-state index in [1.54, 1.807) is 7.11 Å². The molecule has 0 unspecified atom stereocenters. The lowest BCUT2D eigenvalue weighted by Crippen LogP contribution is -2.51. The summed E-state index contributed by atoms with van der Waals surface area (Å²) in [7, 11) is 1.62. The van der Waals surface area contributed by atoms with Crippen molar-refractivity contribution in [3.63, 3.8) is 0 Å². The monoisotopic (exact) mass is 371 g/mol. The minimum Gasteiger partial charge on any atom is -0.497 e. The van der Waals surface area contributed by atoms with E-state index in [1.165, 1.54) is 0 Å². The van der Waals surface area contributed by atoms with Crippen LogP contribution in [0, 0.1) is 0 Å². The average molecular weight is 371 g/mol. The summed E-state index contributed by atoms with van der Waals surface area (Å²) >= 11 is 0. The number of ether oxygens (including phenoxy) is 3. The van der Waals surface area contributed by atoms with Crippen LogP contribution in [0.15, 0.2) is 48.5 Å². The van der Waals surface area contributed by atoms with Gasteiger partial charge < -0.3 is 24.6 Å². The fourth-order valence-corrected chi connectivity index (χ4v) is 3.03. The third-order valence-corrected chi connectivity index (χ3v) is 4.57. The molecule has 2 atom stereocenters. The molecule has 144 valence electrons. The first-order valence-electron chi connectivity index (χ1n) is 9.04. The molecule has 6 nitrogen and oxygen atoms in total. The van der Waals surface area contributed by atoms with Gasteiger partial charge in [0.15, 0.2) is 0 Å². The molecule has 0 spiro atoms. The van der Waals surface area contributed by atoms with Gasteiger partial charge in [-0.3, -0.25) is 4.79 Å². The maximum Gasteiger partial charge on any atom is 0.224 e. The van der Waals surface area contributed by atoms with E-state index in [0.29, 0.717) is 31.8 Å². The third-order valence-electron chi connectivity index (χ3n) is 4.57. The van der Waals surface area contributed by atoms with Gasteiger partial charge in [-0.15, -0.1) is 0 Å². The van der Waals surface area contributed by atoms with Crippen molar-refractivity contribution < 1.29 is 24.1 Å². The fraction of sp³-hybridized carbons (Fsp3) is 0.381. The Labute approximate surface area is 159 Å². The molecule has 1 saturated heterocycles. The van der Waals surface area contributed by atoms with Crippen LogP contribution in [0.4, 0.5) is 0 Å². The highest BCUT2D eigenvalue weighted by Gasteiger charge is 2.29. The number of amides is 1. The molecule has 1 fully saturated rings. The Hall–Kier alpha value is -2.57. The summed E-state index contributed by atoms with van der Waals surface area (Å²) in [6.45, 7) is 1.02. The van der Waals surface area contributed by atoms with Gasteiger partial charge in [-0.25, -0.2) is 0 Å². The Kier molecular flexibility index (Phi) is 6.68. The van der Waals surface area contributed by atoms with Crippen molar-refractivity contribution in [3.05, 3.63) is 59.7 Å². The molecular formula is C21H25NO5. The second kappa shape index (κ2) is 9.39. The van der Waals surface area contributed by atoms with Crippen LogP contribution in [-0.2, 0) is 22.6 Å². The maximum absolute atomic E-state index is 12.5. The minimum atomic E-state index is -0.251. The van der Waals surface area contributed by atoms with Crippen LogP contribution in [0.25, 0.3) is 0 Å². The molecule has 0 aliphatic carbocycles. The van der Waals surface area contributed by atoms with Crippen LogP contribution in [-0.4, -0.2) is 43.5 Å². The van der Waals surface area contributed by atoms with Crippen LogP contribution < -0.4 is 14.8 Å². The SMILES string of the molecule is COc1ccc(CC(=O)N[C@@H]2CCOC[C@H]2Oc2ccc(CO)cc2)cc1. The molecule has 1 aliphatic rings. The number of nitrogens with one attached hydrogen (secondary N) is 1. The summed E-state index contributed by atoms with van der Waals surface area (Å²) in [6, 6.07) is 14.6. The molecule has 0 radical (unpaired) electrons. The van der Waals surface area contributed by atoms with Gasteiger partial charge in [0.1, 0.15) is 17.6 Å². The second-order valence-corrected chi connectivity index (χ2v) is 6.52. The van der Waals surface area contributed by atoms with Crippen molar-refractivity contribution in [2.24, 2.45) is 0 Å². The molecule has 27 heavy (non-hydrogen) atoms. The third kappa shape index (κ3) is 5.45. The molecule has 1 amide bonds. The van der Waals surface area contributed by atoms with E-state index in [2.05, 4.69) is 5.32 Å². The highest BCUT2D eigenvalue weighted by atomic mass is 16.5. The second-order valence-electron chi connectivity index (χ2n) is 6.52. The molecule has 0 saturated carbocycles. The van der Waals surface area contributed by atoms with Gasteiger partial charge in [-0.2, -0.15) is 0 Å². The van der Waals surface area contributed by atoms with Crippen molar-refractivity contribution in [1.82, 2.24) is 5.32 Å². The molecule has 2 aromatic carbocycles. The van der Waals surface area contributed by atoms with Gasteiger partial charge in [0.05, 0.1) is 32.8 Å². The van der Waals surface area contributed by atoms with Crippen molar-refractivity contribution in [3.8, 4) is 11.5 Å². The Morgan fingerprint density at radius 2 is 1.78 bits per heavy atom. The van der Waals surface area contributed by atoms with E-state index in [-0.39, 0.29) is 24.7 Å². The van der Waals surface area contributed by atoms with Crippen LogP contribution in [0.5, 0.6) is 11.5 Å². The lowest BCUT2D eigenvalue weighted by molar-refractivity contribution is -0.123. The van der Waals surface area contributed by atoms with E-state index < -0.39 is 0 Å². The number of benzene rings is 2. The van der Waals surface area contributed by atoms with Gasteiger partial charge >= 0.3 is 0 Å². The van der Waals surface area contributed by atoms with E-state index in [1.807, 2.05) is 48.5 Å². The van der Waals surface area contributed by atoms with E-state index in [4.69, 9.17) is 19.3 Å². The molecule has 1 aliphatic heterocycles. The Morgan fingerprint density at radius 1 is 1.11 bits per heavy atom. The molecule has 2 N–H and O–H groups in total. The molecule has 6 heteroatoms. The first kappa shape index (κ1) is 19.2. The van der Waals surface area contributed by atoms with Crippen molar-refractivity contribution in [2.45, 2.75) is 31.6 Å². The molecule has 1 heterocycles. The molecule has 0 bridgehead atoms. The number of hydrogen-bond acceptors (Lipinski definition) is 5. The van der Waals surface area contributed by atoms with Crippen LogP contribution in [0.1, 0.15) is 17.5 Å². The highest BCUT2D eigenvalue weighted by molar-refractivity contribution is 5.79. The Bertz CT molecular complexity index is 729. The van der Waals surface area contributed by atoms with Crippen molar-refractivity contribution in [1.29, 1.82) is 0 Å². The summed E-state index contributed by atoms with van der Waals surface area (Å²) in [5, 5.41) is 12.2. The number of hydrogen-bond donors (Lipinski definition) is 2. The van der Waals surface area contributed by atoms with Gasteiger partial charge in [-0.1, -0.05) is 24.3 Å². The zero-order valence-electron chi connectivity index (χ0n) is 15.4. The molecule has 0 aromatic heterocycles. The first-order chi connectivity index (χ1) is 13.2. The summed E-state index contributed by atoms with van der Waals surface area (Å²) in [4.78, 5) is 12.5.